The van der Waals surface area contributed by atoms with Crippen molar-refractivity contribution in [3.05, 3.63) is 89.4 Å². The number of para-hydroxylation sites is 1. The van der Waals surface area contributed by atoms with Gasteiger partial charge in [0.25, 0.3) is 5.91 Å². The molecule has 1 aliphatic rings. The molecule has 1 saturated heterocycles. The van der Waals surface area contributed by atoms with E-state index in [1.165, 1.54) is 11.3 Å². The largest absolute Gasteiger partial charge is 0.338 e. The van der Waals surface area contributed by atoms with Gasteiger partial charge in [-0.2, -0.15) is 0 Å². The van der Waals surface area contributed by atoms with E-state index in [-0.39, 0.29) is 17.7 Å². The van der Waals surface area contributed by atoms with E-state index in [0.29, 0.717) is 23.8 Å². The third-order valence-electron chi connectivity index (χ3n) is 6.11. The quantitative estimate of drug-likeness (QED) is 0.389. The number of nitrogens with zero attached hydrogens (tertiary/aromatic N) is 3. The van der Waals surface area contributed by atoms with E-state index in [4.69, 9.17) is 0 Å². The molecule has 0 saturated carbocycles. The van der Waals surface area contributed by atoms with Gasteiger partial charge < -0.3 is 4.90 Å². The Bertz CT molecular complexity index is 1300. The number of carbonyl (C=O) groups is 2. The maximum Gasteiger partial charge on any atom is 0.254 e. The number of hydrogen-bond donors (Lipinski definition) is 0. The van der Waals surface area contributed by atoms with Gasteiger partial charge in [-0.25, -0.2) is 4.98 Å². The van der Waals surface area contributed by atoms with Crippen LogP contribution in [-0.4, -0.2) is 34.8 Å². The lowest BCUT2D eigenvalue weighted by molar-refractivity contribution is -0.122. The van der Waals surface area contributed by atoms with E-state index >= 15 is 0 Å². The lowest BCUT2D eigenvalue weighted by Crippen LogP contribution is -2.45. The summed E-state index contributed by atoms with van der Waals surface area (Å²) >= 11 is 1.46. The third-order valence-corrected chi connectivity index (χ3v) is 7.05. The zero-order valence-electron chi connectivity index (χ0n) is 18.5. The summed E-state index contributed by atoms with van der Waals surface area (Å²) in [6.45, 7) is 3.00. The Balaban J connectivity index is 1.42. The number of thiazole rings is 1. The standard InChI is InChI=1S/C27H25N3O2S/c1-19-18-33-27(28-19)30(22-12-3-2-4-13-22)25(31)21-11-8-16-29(17-21)26(32)24-15-7-10-20-9-5-6-14-23(20)24/h2-7,9-10,12-15,18,21H,8,11,16-17H2,1H3. The molecule has 1 aromatic heterocycles. The van der Waals surface area contributed by atoms with Gasteiger partial charge in [0.1, 0.15) is 0 Å². The van der Waals surface area contributed by atoms with Gasteiger partial charge in [-0.1, -0.05) is 54.6 Å². The van der Waals surface area contributed by atoms with Gasteiger partial charge in [0.05, 0.1) is 17.3 Å². The van der Waals surface area contributed by atoms with Crippen LogP contribution in [0.5, 0.6) is 0 Å². The number of carbonyl (C=O) groups excluding carboxylic acids is 2. The minimum atomic E-state index is -0.276. The number of benzene rings is 3. The highest BCUT2D eigenvalue weighted by Crippen LogP contribution is 2.32. The maximum absolute atomic E-state index is 13.8. The number of anilines is 2. The topological polar surface area (TPSA) is 53.5 Å². The highest BCUT2D eigenvalue weighted by molar-refractivity contribution is 7.14. The van der Waals surface area contributed by atoms with Crippen LogP contribution < -0.4 is 4.90 Å². The molecule has 1 aliphatic heterocycles. The predicted molar refractivity (Wildman–Crippen MR) is 133 cm³/mol. The highest BCUT2D eigenvalue weighted by atomic mass is 32.1. The third kappa shape index (κ3) is 4.26. The molecule has 5 nitrogen and oxygen atoms in total. The van der Waals surface area contributed by atoms with E-state index in [0.717, 1.165) is 35.0 Å². The van der Waals surface area contributed by atoms with Crippen LogP contribution in [0.25, 0.3) is 10.8 Å². The van der Waals surface area contributed by atoms with Crippen LogP contribution in [0.4, 0.5) is 10.8 Å². The van der Waals surface area contributed by atoms with Gasteiger partial charge >= 0.3 is 0 Å². The summed E-state index contributed by atoms with van der Waals surface area (Å²) < 4.78 is 0. The molecule has 2 heterocycles. The van der Waals surface area contributed by atoms with Crippen molar-refractivity contribution in [2.75, 3.05) is 18.0 Å². The number of aryl methyl sites for hydroxylation is 1. The molecule has 0 N–H and O–H groups in total. The van der Waals surface area contributed by atoms with Crippen molar-refractivity contribution in [1.29, 1.82) is 0 Å². The van der Waals surface area contributed by atoms with Crippen LogP contribution in [0.2, 0.25) is 0 Å². The van der Waals surface area contributed by atoms with Crippen molar-refractivity contribution in [2.45, 2.75) is 19.8 Å². The smallest absolute Gasteiger partial charge is 0.254 e. The van der Waals surface area contributed by atoms with Gasteiger partial charge in [-0.3, -0.25) is 14.5 Å². The maximum atomic E-state index is 13.8. The molecule has 1 atom stereocenters. The summed E-state index contributed by atoms with van der Waals surface area (Å²) in [7, 11) is 0. The molecule has 33 heavy (non-hydrogen) atoms. The fraction of sp³-hybridized carbons (Fsp3) is 0.222. The second kappa shape index (κ2) is 9.16. The second-order valence-electron chi connectivity index (χ2n) is 8.40. The van der Waals surface area contributed by atoms with Crippen molar-refractivity contribution in [3.63, 3.8) is 0 Å². The molecule has 5 rings (SSSR count). The first-order valence-electron chi connectivity index (χ1n) is 11.2. The van der Waals surface area contributed by atoms with E-state index in [1.807, 2.05) is 90.0 Å². The van der Waals surface area contributed by atoms with Gasteiger partial charge in [0, 0.05) is 24.0 Å². The molecule has 3 aromatic carbocycles. The fourth-order valence-corrected chi connectivity index (χ4v) is 5.31. The monoisotopic (exact) mass is 455 g/mol. The Labute approximate surface area is 197 Å². The van der Waals surface area contributed by atoms with Gasteiger partial charge in [0.15, 0.2) is 5.13 Å². The first-order chi connectivity index (χ1) is 16.1. The van der Waals surface area contributed by atoms with Gasteiger partial charge in [-0.15, -0.1) is 11.3 Å². The van der Waals surface area contributed by atoms with E-state index < -0.39 is 0 Å². The van der Waals surface area contributed by atoms with Crippen LogP contribution in [0.1, 0.15) is 28.9 Å². The van der Waals surface area contributed by atoms with Gasteiger partial charge in [-0.05, 0) is 48.7 Å². The van der Waals surface area contributed by atoms with Crippen molar-refractivity contribution >= 4 is 44.7 Å². The fourth-order valence-electron chi connectivity index (χ4n) is 4.48. The van der Waals surface area contributed by atoms with E-state index in [2.05, 4.69) is 4.98 Å². The number of fused-ring (bicyclic) bond motifs is 1. The molecule has 0 spiro atoms. The highest BCUT2D eigenvalue weighted by Gasteiger charge is 2.34. The summed E-state index contributed by atoms with van der Waals surface area (Å²) in [5, 5.41) is 4.61. The Morgan fingerprint density at radius 2 is 1.76 bits per heavy atom. The summed E-state index contributed by atoms with van der Waals surface area (Å²) in [4.78, 5) is 35.4. The molecule has 0 bridgehead atoms. The minimum Gasteiger partial charge on any atom is -0.338 e. The zero-order valence-corrected chi connectivity index (χ0v) is 19.3. The molecular weight excluding hydrogens is 430 g/mol. The normalized spacial score (nSPS) is 16.0. The molecule has 1 unspecified atom stereocenters. The first kappa shape index (κ1) is 21.3. The summed E-state index contributed by atoms with van der Waals surface area (Å²) in [5.74, 6) is -0.297. The Morgan fingerprint density at radius 1 is 1.00 bits per heavy atom. The minimum absolute atomic E-state index is 0.00836. The molecule has 0 aliphatic carbocycles. The average Bonchev–Trinajstić information content (AvgIpc) is 3.29. The number of aromatic nitrogens is 1. The van der Waals surface area contributed by atoms with Crippen LogP contribution in [0.15, 0.2) is 78.2 Å². The number of hydrogen-bond acceptors (Lipinski definition) is 4. The molecule has 0 radical (unpaired) electrons. The van der Waals surface area contributed by atoms with E-state index in [1.54, 1.807) is 4.90 Å². The molecule has 1 fully saturated rings. The Kier molecular flexibility index (Phi) is 5.92. The van der Waals surface area contributed by atoms with Crippen molar-refractivity contribution in [1.82, 2.24) is 9.88 Å². The van der Waals surface area contributed by atoms with E-state index in [9.17, 15) is 9.59 Å². The number of piperidine rings is 1. The van der Waals surface area contributed by atoms with Crippen LogP contribution in [0, 0.1) is 12.8 Å². The molecular formula is C27H25N3O2S. The summed E-state index contributed by atoms with van der Waals surface area (Å²) in [6.07, 6.45) is 1.55. The molecule has 4 aromatic rings. The molecule has 166 valence electrons. The number of amides is 2. The van der Waals surface area contributed by atoms with Crippen molar-refractivity contribution < 1.29 is 9.59 Å². The van der Waals surface area contributed by atoms with Crippen LogP contribution in [-0.2, 0) is 4.79 Å². The number of rotatable bonds is 4. The zero-order chi connectivity index (χ0) is 22.8. The average molecular weight is 456 g/mol. The lowest BCUT2D eigenvalue weighted by atomic mass is 9.95. The van der Waals surface area contributed by atoms with Crippen molar-refractivity contribution in [3.8, 4) is 0 Å². The Hall–Kier alpha value is -3.51. The first-order valence-corrected chi connectivity index (χ1v) is 12.1. The van der Waals surface area contributed by atoms with Crippen LogP contribution >= 0.6 is 11.3 Å². The Morgan fingerprint density at radius 3 is 2.55 bits per heavy atom. The van der Waals surface area contributed by atoms with Gasteiger partial charge in [0.2, 0.25) is 5.91 Å². The lowest BCUT2D eigenvalue weighted by Gasteiger charge is -2.34. The molecule has 2 amide bonds. The van der Waals surface area contributed by atoms with Crippen molar-refractivity contribution in [2.24, 2.45) is 5.92 Å². The summed E-state index contributed by atoms with van der Waals surface area (Å²) in [6, 6.07) is 23.4. The summed E-state index contributed by atoms with van der Waals surface area (Å²) in [5.41, 5.74) is 2.38. The van der Waals surface area contributed by atoms with Crippen LogP contribution in [0.3, 0.4) is 0 Å². The predicted octanol–water partition coefficient (Wildman–Crippen LogP) is 5.82. The number of likely N-dealkylation sites (tertiary alicyclic amines) is 1. The molecule has 6 heteroatoms. The second-order valence-corrected chi connectivity index (χ2v) is 9.23. The SMILES string of the molecule is Cc1csc(N(C(=O)C2CCCN(C(=O)c3cccc4ccccc34)C2)c2ccccc2)n1.